The molecule has 3 aliphatic rings. The number of hydrogen-bond acceptors (Lipinski definition) is 8. The summed E-state index contributed by atoms with van der Waals surface area (Å²) in [5.74, 6) is -8.20. The molecule has 0 heterocycles. The SMILES string of the molecule is COc1ccc(CN(C)C)cc1-c1cc(C(C)(C)C)c(O)c2c1CC1CC3CC(=O)C(C(N)=O)C(=O)C3C(=O)C1C2=O. The van der Waals surface area contributed by atoms with Crippen LogP contribution in [-0.4, -0.2) is 60.3 Å². The molecule has 9 nitrogen and oxygen atoms in total. The molecule has 1 amide bonds. The lowest BCUT2D eigenvalue weighted by atomic mass is 9.55. The van der Waals surface area contributed by atoms with Crippen LogP contribution in [0.1, 0.15) is 60.7 Å². The quantitative estimate of drug-likeness (QED) is 0.518. The van der Waals surface area contributed by atoms with Crippen LogP contribution in [0, 0.1) is 29.6 Å². The fourth-order valence-electron chi connectivity index (χ4n) is 7.30. The van der Waals surface area contributed by atoms with E-state index in [-0.39, 0.29) is 17.7 Å². The average Bonchev–Trinajstić information content (AvgIpc) is 2.87. The van der Waals surface area contributed by atoms with Gasteiger partial charge in [-0.1, -0.05) is 26.8 Å². The highest BCUT2D eigenvalue weighted by Gasteiger charge is 2.57. The van der Waals surface area contributed by atoms with Gasteiger partial charge in [-0.3, -0.25) is 24.0 Å². The summed E-state index contributed by atoms with van der Waals surface area (Å²) in [7, 11) is 5.53. The third kappa shape index (κ3) is 4.73. The maximum absolute atomic E-state index is 14.3. The van der Waals surface area contributed by atoms with Gasteiger partial charge in [0.1, 0.15) is 11.5 Å². The summed E-state index contributed by atoms with van der Waals surface area (Å²) in [4.78, 5) is 68.0. The van der Waals surface area contributed by atoms with Crippen LogP contribution >= 0.6 is 0 Å². The number of nitrogens with two attached hydrogens (primary N) is 1. The molecule has 222 valence electrons. The van der Waals surface area contributed by atoms with Crippen molar-refractivity contribution >= 4 is 29.0 Å². The van der Waals surface area contributed by atoms with Crippen LogP contribution in [0.4, 0.5) is 0 Å². The normalized spacial score (nSPS) is 25.6. The van der Waals surface area contributed by atoms with E-state index >= 15 is 0 Å². The first-order valence-corrected chi connectivity index (χ1v) is 14.3. The standard InChI is InChI=1S/C33H38N2O7/c1-33(2,3)21-13-18(19-9-15(14-35(4)5)7-8-23(19)42-6)20-11-16-10-17-12-22(36)27(32(34)41)31(40)25(17)29(38)24(16)30(39)26(20)28(21)37/h7-9,13,16-17,24-25,27,37H,10-12,14H2,1-6H3,(H2,34,41). The third-order valence-electron chi connectivity index (χ3n) is 9.09. The first kappa shape index (κ1) is 29.6. The van der Waals surface area contributed by atoms with Crippen molar-refractivity contribution < 1.29 is 33.8 Å². The zero-order valence-electron chi connectivity index (χ0n) is 24.9. The number of nitrogens with zero attached hydrogens (tertiary/aromatic N) is 1. The van der Waals surface area contributed by atoms with Crippen LogP contribution in [0.3, 0.4) is 0 Å². The van der Waals surface area contributed by atoms with Crippen molar-refractivity contribution in [3.8, 4) is 22.6 Å². The lowest BCUT2D eigenvalue weighted by molar-refractivity contribution is -0.152. The van der Waals surface area contributed by atoms with Gasteiger partial charge in [-0.25, -0.2) is 0 Å². The largest absolute Gasteiger partial charge is 0.507 e. The highest BCUT2D eigenvalue weighted by molar-refractivity contribution is 6.27. The summed E-state index contributed by atoms with van der Waals surface area (Å²) in [5, 5.41) is 11.6. The van der Waals surface area contributed by atoms with Gasteiger partial charge in [0, 0.05) is 24.1 Å². The first-order valence-electron chi connectivity index (χ1n) is 14.3. The number of Topliss-reactive ketones (excluding diaryl/α,β-unsaturated/α-hetero) is 4. The van der Waals surface area contributed by atoms with E-state index in [1.54, 1.807) is 7.11 Å². The average molecular weight is 575 g/mol. The summed E-state index contributed by atoms with van der Waals surface area (Å²) in [6, 6.07) is 7.81. The molecule has 9 heteroatoms. The molecule has 0 aliphatic heterocycles. The minimum absolute atomic E-state index is 0.0938. The molecular formula is C33H38N2O7. The maximum Gasteiger partial charge on any atom is 0.235 e. The van der Waals surface area contributed by atoms with E-state index in [1.165, 1.54) is 0 Å². The molecule has 3 aliphatic carbocycles. The molecule has 2 aromatic rings. The molecule has 3 N–H and O–H groups in total. The van der Waals surface area contributed by atoms with Gasteiger partial charge in [-0.2, -0.15) is 0 Å². The zero-order chi connectivity index (χ0) is 30.8. The summed E-state index contributed by atoms with van der Waals surface area (Å²) in [5.41, 5.74) is 8.63. The topological polar surface area (TPSA) is 144 Å². The summed E-state index contributed by atoms with van der Waals surface area (Å²) in [6.07, 6.45) is 0.493. The fourth-order valence-corrected chi connectivity index (χ4v) is 7.30. The van der Waals surface area contributed by atoms with Crippen molar-refractivity contribution in [3.05, 3.63) is 46.5 Å². The third-order valence-corrected chi connectivity index (χ3v) is 9.09. The Labute approximate surface area is 245 Å². The summed E-state index contributed by atoms with van der Waals surface area (Å²) in [6.45, 7) is 6.49. The number of aromatic hydroxyl groups is 1. The molecule has 0 saturated heterocycles. The number of amides is 1. The van der Waals surface area contributed by atoms with Crippen LogP contribution in [0.5, 0.6) is 11.5 Å². The lowest BCUT2D eigenvalue weighted by Gasteiger charge is -2.44. The molecule has 0 radical (unpaired) electrons. The smallest absolute Gasteiger partial charge is 0.235 e. The van der Waals surface area contributed by atoms with Crippen molar-refractivity contribution in [1.82, 2.24) is 4.90 Å². The molecule has 5 unspecified atom stereocenters. The predicted octanol–water partition coefficient (Wildman–Crippen LogP) is 3.25. The van der Waals surface area contributed by atoms with Gasteiger partial charge in [0.05, 0.1) is 24.5 Å². The van der Waals surface area contributed by atoms with Crippen molar-refractivity contribution in [3.63, 3.8) is 0 Å². The van der Waals surface area contributed by atoms with Gasteiger partial charge in [0.25, 0.3) is 0 Å². The number of ketones is 4. The Kier molecular flexibility index (Phi) is 7.38. The molecule has 2 aromatic carbocycles. The second-order valence-corrected chi connectivity index (χ2v) is 13.3. The maximum atomic E-state index is 14.3. The van der Waals surface area contributed by atoms with Crippen LogP contribution in [0.2, 0.25) is 0 Å². The number of hydrogen-bond donors (Lipinski definition) is 2. The number of carbonyl (C=O) groups excluding carboxylic acids is 5. The Morgan fingerprint density at radius 3 is 2.26 bits per heavy atom. The molecule has 0 spiro atoms. The van der Waals surface area contributed by atoms with E-state index in [4.69, 9.17) is 10.5 Å². The van der Waals surface area contributed by atoms with Gasteiger partial charge in [0.2, 0.25) is 5.91 Å². The Morgan fingerprint density at radius 2 is 1.67 bits per heavy atom. The fraction of sp³-hybridized carbons (Fsp3) is 0.485. The van der Waals surface area contributed by atoms with Gasteiger partial charge in [-0.15, -0.1) is 0 Å². The Balaban J connectivity index is 1.70. The number of methoxy groups -OCH3 is 1. The van der Waals surface area contributed by atoms with Crippen molar-refractivity contribution in [2.45, 2.75) is 52.0 Å². The van der Waals surface area contributed by atoms with Crippen LogP contribution in [-0.2, 0) is 37.6 Å². The van der Waals surface area contributed by atoms with E-state index in [1.807, 2.05) is 64.0 Å². The highest BCUT2D eigenvalue weighted by atomic mass is 16.5. The second kappa shape index (κ2) is 10.5. The molecule has 5 rings (SSSR count). The number of carbonyl (C=O) groups is 5. The van der Waals surface area contributed by atoms with Crippen LogP contribution in [0.25, 0.3) is 11.1 Å². The Hall–Kier alpha value is -3.85. The van der Waals surface area contributed by atoms with Crippen molar-refractivity contribution in [2.24, 2.45) is 35.3 Å². The number of fused-ring (bicyclic) bond motifs is 3. The molecule has 2 fully saturated rings. The van der Waals surface area contributed by atoms with Gasteiger partial charge in [-0.05, 0) is 79.1 Å². The summed E-state index contributed by atoms with van der Waals surface area (Å²) >= 11 is 0. The lowest BCUT2D eigenvalue weighted by Crippen LogP contribution is -2.56. The molecule has 5 atom stereocenters. The van der Waals surface area contributed by atoms with Crippen LogP contribution in [0.15, 0.2) is 24.3 Å². The zero-order valence-corrected chi connectivity index (χ0v) is 24.9. The van der Waals surface area contributed by atoms with E-state index in [9.17, 15) is 29.1 Å². The number of phenols is 1. The molecular weight excluding hydrogens is 536 g/mol. The van der Waals surface area contributed by atoms with E-state index in [0.29, 0.717) is 36.3 Å². The minimum Gasteiger partial charge on any atom is -0.507 e. The van der Waals surface area contributed by atoms with Crippen LogP contribution < -0.4 is 10.5 Å². The van der Waals surface area contributed by atoms with Crippen molar-refractivity contribution in [1.29, 1.82) is 0 Å². The Bertz CT molecular complexity index is 1530. The molecule has 0 bridgehead atoms. The molecule has 2 saturated carbocycles. The second-order valence-electron chi connectivity index (χ2n) is 13.3. The van der Waals surface area contributed by atoms with Gasteiger partial charge < -0.3 is 20.5 Å². The number of benzene rings is 2. The monoisotopic (exact) mass is 574 g/mol. The van der Waals surface area contributed by atoms with E-state index < -0.39 is 64.0 Å². The number of phenolic OH excluding ortho intramolecular Hbond substituents is 1. The first-order chi connectivity index (χ1) is 19.6. The molecule has 42 heavy (non-hydrogen) atoms. The summed E-state index contributed by atoms with van der Waals surface area (Å²) < 4.78 is 5.75. The van der Waals surface area contributed by atoms with Crippen molar-refractivity contribution in [2.75, 3.05) is 21.2 Å². The highest BCUT2D eigenvalue weighted by Crippen LogP contribution is 2.52. The van der Waals surface area contributed by atoms with Gasteiger partial charge >= 0.3 is 0 Å². The van der Waals surface area contributed by atoms with E-state index in [2.05, 4.69) is 0 Å². The van der Waals surface area contributed by atoms with E-state index in [0.717, 1.165) is 16.7 Å². The number of primary amides is 1. The van der Waals surface area contributed by atoms with Gasteiger partial charge in [0.15, 0.2) is 29.1 Å². The minimum atomic E-state index is -1.66. The predicted molar refractivity (Wildman–Crippen MR) is 155 cm³/mol. The molecule has 0 aromatic heterocycles. The Morgan fingerprint density at radius 1 is 1.00 bits per heavy atom. The number of rotatable bonds is 5. The number of ether oxygens (including phenoxy) is 1.